The van der Waals surface area contributed by atoms with E-state index in [1.807, 2.05) is 19.2 Å². The second-order valence-corrected chi connectivity index (χ2v) is 6.07. The fourth-order valence-corrected chi connectivity index (χ4v) is 2.85. The van der Waals surface area contributed by atoms with Crippen LogP contribution in [0.3, 0.4) is 0 Å². The smallest absolute Gasteiger partial charge is 0.129 e. The van der Waals surface area contributed by atoms with E-state index in [0.29, 0.717) is 0 Å². The number of unbranched alkanes of at least 4 members (excludes halogenated alkanes) is 3. The van der Waals surface area contributed by atoms with Gasteiger partial charge in [-0.15, -0.1) is 0 Å². The van der Waals surface area contributed by atoms with Crippen LogP contribution in [0.15, 0.2) is 28.7 Å². The van der Waals surface area contributed by atoms with Crippen LogP contribution in [0.5, 0.6) is 0 Å². The van der Waals surface area contributed by atoms with Crippen molar-refractivity contribution in [1.82, 2.24) is 9.78 Å². The molecular weight excluding hydrogens is 314 g/mol. The first-order valence-corrected chi connectivity index (χ1v) is 8.00. The Morgan fingerprint density at radius 1 is 1.25 bits per heavy atom. The van der Waals surface area contributed by atoms with E-state index in [1.54, 1.807) is 4.68 Å². The van der Waals surface area contributed by atoms with Gasteiger partial charge < -0.3 is 5.73 Å². The molecule has 0 amide bonds. The zero-order valence-electron chi connectivity index (χ0n) is 12.2. The number of rotatable bonds is 6. The highest BCUT2D eigenvalue weighted by atomic mass is 79.9. The van der Waals surface area contributed by atoms with Crippen LogP contribution in [0.1, 0.15) is 38.3 Å². The van der Waals surface area contributed by atoms with Crippen LogP contribution in [0.4, 0.5) is 5.82 Å². The number of nitrogens with zero attached hydrogens (tertiary/aromatic N) is 2. The van der Waals surface area contributed by atoms with Crippen molar-refractivity contribution in [2.45, 2.75) is 39.0 Å². The Hall–Kier alpha value is -1.29. The zero-order valence-corrected chi connectivity index (χ0v) is 13.8. The van der Waals surface area contributed by atoms with Gasteiger partial charge in [-0.2, -0.15) is 5.10 Å². The molecule has 2 rings (SSSR count). The Morgan fingerprint density at radius 2 is 2.05 bits per heavy atom. The second-order valence-electron chi connectivity index (χ2n) is 5.15. The van der Waals surface area contributed by atoms with E-state index in [-0.39, 0.29) is 0 Å². The van der Waals surface area contributed by atoms with Crippen molar-refractivity contribution in [2.24, 2.45) is 7.05 Å². The molecule has 0 aliphatic heterocycles. The van der Waals surface area contributed by atoms with E-state index in [9.17, 15) is 0 Å². The molecule has 0 bridgehead atoms. The number of aromatic nitrogens is 2. The van der Waals surface area contributed by atoms with Crippen LogP contribution in [0.25, 0.3) is 11.1 Å². The van der Waals surface area contributed by atoms with Gasteiger partial charge in [0, 0.05) is 17.1 Å². The van der Waals surface area contributed by atoms with Gasteiger partial charge in [0.1, 0.15) is 5.82 Å². The highest BCUT2D eigenvalue weighted by Gasteiger charge is 2.15. The zero-order chi connectivity index (χ0) is 14.5. The Bertz CT molecular complexity index is 575. The molecule has 0 aliphatic carbocycles. The lowest BCUT2D eigenvalue weighted by atomic mass is 10.0. The van der Waals surface area contributed by atoms with Gasteiger partial charge in [-0.25, -0.2) is 0 Å². The summed E-state index contributed by atoms with van der Waals surface area (Å²) in [5.74, 6) is 0.744. The number of hydrogen-bond donors (Lipinski definition) is 1. The largest absolute Gasteiger partial charge is 0.383 e. The summed E-state index contributed by atoms with van der Waals surface area (Å²) in [5.41, 5.74) is 9.53. The van der Waals surface area contributed by atoms with Gasteiger partial charge in [0.25, 0.3) is 0 Å². The standard InChI is InChI=1S/C16H22BrN3/c1-3-4-5-6-10-14-15(16(18)20(2)19-14)12-8-7-9-13(17)11-12/h7-9,11H,3-6,10,18H2,1-2H3. The first-order chi connectivity index (χ1) is 9.63. The fraction of sp³-hybridized carbons (Fsp3) is 0.438. The summed E-state index contributed by atoms with van der Waals surface area (Å²) in [6.45, 7) is 2.23. The normalized spacial score (nSPS) is 10.9. The van der Waals surface area contributed by atoms with Crippen LogP contribution >= 0.6 is 15.9 Å². The lowest BCUT2D eigenvalue weighted by molar-refractivity contribution is 0.651. The number of nitrogens with two attached hydrogens (primary N) is 1. The second kappa shape index (κ2) is 6.93. The first-order valence-electron chi connectivity index (χ1n) is 7.20. The lowest BCUT2D eigenvalue weighted by Gasteiger charge is -2.05. The van der Waals surface area contributed by atoms with E-state index in [2.05, 4.69) is 40.1 Å². The predicted octanol–water partition coefficient (Wildman–Crippen LogP) is 4.55. The van der Waals surface area contributed by atoms with Gasteiger partial charge in [-0.1, -0.05) is 54.2 Å². The molecule has 2 N–H and O–H groups in total. The SMILES string of the molecule is CCCCCCc1nn(C)c(N)c1-c1cccc(Br)c1. The Morgan fingerprint density at radius 3 is 2.75 bits per heavy atom. The Labute approximate surface area is 129 Å². The van der Waals surface area contributed by atoms with E-state index in [0.717, 1.165) is 33.5 Å². The van der Waals surface area contributed by atoms with Crippen molar-refractivity contribution in [3.05, 3.63) is 34.4 Å². The molecule has 3 nitrogen and oxygen atoms in total. The number of benzene rings is 1. The molecule has 108 valence electrons. The van der Waals surface area contributed by atoms with Gasteiger partial charge in [0.2, 0.25) is 0 Å². The number of aryl methyl sites for hydroxylation is 2. The molecule has 1 heterocycles. The third-order valence-corrected chi connectivity index (χ3v) is 4.04. The number of hydrogen-bond acceptors (Lipinski definition) is 2. The fourth-order valence-electron chi connectivity index (χ4n) is 2.45. The molecule has 0 saturated carbocycles. The molecule has 4 heteroatoms. The van der Waals surface area contributed by atoms with Gasteiger partial charge in [-0.3, -0.25) is 4.68 Å². The minimum atomic E-state index is 0.744. The van der Waals surface area contributed by atoms with Gasteiger partial charge in [0.15, 0.2) is 0 Å². The molecule has 1 aromatic heterocycles. The van der Waals surface area contributed by atoms with E-state index in [4.69, 9.17) is 5.73 Å². The predicted molar refractivity (Wildman–Crippen MR) is 88.6 cm³/mol. The summed E-state index contributed by atoms with van der Waals surface area (Å²) >= 11 is 3.52. The van der Waals surface area contributed by atoms with Crippen molar-refractivity contribution < 1.29 is 0 Å². The minimum absolute atomic E-state index is 0.744. The van der Waals surface area contributed by atoms with Crippen molar-refractivity contribution in [1.29, 1.82) is 0 Å². The summed E-state index contributed by atoms with van der Waals surface area (Å²) in [7, 11) is 1.91. The van der Waals surface area contributed by atoms with Crippen LogP contribution in [-0.2, 0) is 13.5 Å². The first kappa shape index (κ1) is 15.1. The molecule has 20 heavy (non-hydrogen) atoms. The maximum atomic E-state index is 6.20. The van der Waals surface area contributed by atoms with Gasteiger partial charge in [-0.05, 0) is 30.5 Å². The maximum Gasteiger partial charge on any atom is 0.129 e. The topological polar surface area (TPSA) is 43.8 Å². The maximum absolute atomic E-state index is 6.20. The molecule has 0 radical (unpaired) electrons. The molecule has 0 unspecified atom stereocenters. The molecule has 0 saturated heterocycles. The molecule has 0 atom stereocenters. The summed E-state index contributed by atoms with van der Waals surface area (Å²) in [4.78, 5) is 0. The number of halogens is 1. The Balaban J connectivity index is 2.27. The summed E-state index contributed by atoms with van der Waals surface area (Å²) in [6, 6.07) is 8.25. The van der Waals surface area contributed by atoms with E-state index < -0.39 is 0 Å². The Kier molecular flexibility index (Phi) is 5.24. The van der Waals surface area contributed by atoms with E-state index >= 15 is 0 Å². The average Bonchev–Trinajstić information content (AvgIpc) is 2.70. The molecule has 2 aromatic rings. The highest BCUT2D eigenvalue weighted by Crippen LogP contribution is 2.31. The monoisotopic (exact) mass is 335 g/mol. The minimum Gasteiger partial charge on any atom is -0.383 e. The molecule has 0 aliphatic rings. The summed E-state index contributed by atoms with van der Waals surface area (Å²) < 4.78 is 2.85. The van der Waals surface area contributed by atoms with E-state index in [1.165, 1.54) is 25.7 Å². The molecule has 1 aromatic carbocycles. The van der Waals surface area contributed by atoms with Crippen molar-refractivity contribution in [3.8, 4) is 11.1 Å². The molecular formula is C16H22BrN3. The van der Waals surface area contributed by atoms with Crippen LogP contribution in [0.2, 0.25) is 0 Å². The number of anilines is 1. The van der Waals surface area contributed by atoms with Crippen LogP contribution in [-0.4, -0.2) is 9.78 Å². The van der Waals surface area contributed by atoms with Crippen LogP contribution in [0, 0.1) is 0 Å². The molecule has 0 fully saturated rings. The van der Waals surface area contributed by atoms with Gasteiger partial charge >= 0.3 is 0 Å². The van der Waals surface area contributed by atoms with Crippen molar-refractivity contribution >= 4 is 21.7 Å². The van der Waals surface area contributed by atoms with Crippen molar-refractivity contribution in [3.63, 3.8) is 0 Å². The van der Waals surface area contributed by atoms with Gasteiger partial charge in [0.05, 0.1) is 5.69 Å². The highest BCUT2D eigenvalue weighted by molar-refractivity contribution is 9.10. The third kappa shape index (κ3) is 3.42. The molecule has 0 spiro atoms. The number of nitrogen functional groups attached to an aromatic ring is 1. The van der Waals surface area contributed by atoms with Crippen LogP contribution < -0.4 is 5.73 Å². The third-order valence-electron chi connectivity index (χ3n) is 3.54. The van der Waals surface area contributed by atoms with Crippen molar-refractivity contribution in [2.75, 3.05) is 5.73 Å². The summed E-state index contributed by atoms with van der Waals surface area (Å²) in [5, 5.41) is 4.59. The quantitative estimate of drug-likeness (QED) is 0.786. The lowest BCUT2D eigenvalue weighted by Crippen LogP contribution is -1.98. The average molecular weight is 336 g/mol. The summed E-state index contributed by atoms with van der Waals surface area (Å²) in [6.07, 6.45) is 5.96.